The number of benzene rings is 1. The second-order valence-corrected chi connectivity index (χ2v) is 4.99. The van der Waals surface area contributed by atoms with Crippen LogP contribution < -0.4 is 4.74 Å². The van der Waals surface area contributed by atoms with Crippen molar-refractivity contribution in [2.75, 3.05) is 0 Å². The first kappa shape index (κ1) is 12.7. The minimum atomic E-state index is 0.496. The molecule has 1 aromatic heterocycles. The molecule has 0 bridgehead atoms. The standard InChI is InChI=1S/C15H17N3O2/c1-18-9-11(8-16-18)10-20-15-7-3-4-12-13(15)5-2-6-14(12)17-19/h3-4,7-9,19H,2,5-6,10H2,1H3. The molecule has 5 nitrogen and oxygen atoms in total. The molecule has 1 aromatic carbocycles. The molecule has 0 saturated heterocycles. The Morgan fingerprint density at radius 2 is 2.30 bits per heavy atom. The van der Waals surface area contributed by atoms with E-state index in [1.54, 1.807) is 10.9 Å². The van der Waals surface area contributed by atoms with Crippen LogP contribution in [-0.2, 0) is 20.1 Å². The van der Waals surface area contributed by atoms with Crippen molar-refractivity contribution in [3.05, 3.63) is 47.3 Å². The van der Waals surface area contributed by atoms with Gasteiger partial charge in [0.25, 0.3) is 0 Å². The fourth-order valence-corrected chi connectivity index (χ4v) is 2.61. The first-order valence-corrected chi connectivity index (χ1v) is 6.71. The van der Waals surface area contributed by atoms with E-state index in [2.05, 4.69) is 10.3 Å². The maximum atomic E-state index is 9.08. The molecule has 0 aliphatic heterocycles. The van der Waals surface area contributed by atoms with E-state index >= 15 is 0 Å². The second kappa shape index (κ2) is 5.36. The topological polar surface area (TPSA) is 59.6 Å². The molecule has 2 aromatic rings. The zero-order valence-electron chi connectivity index (χ0n) is 11.4. The van der Waals surface area contributed by atoms with Gasteiger partial charge in [-0.15, -0.1) is 0 Å². The van der Waals surface area contributed by atoms with Gasteiger partial charge in [-0.25, -0.2) is 0 Å². The van der Waals surface area contributed by atoms with E-state index in [4.69, 9.17) is 9.94 Å². The zero-order valence-corrected chi connectivity index (χ0v) is 11.4. The Hall–Kier alpha value is -2.30. The minimum absolute atomic E-state index is 0.496. The summed E-state index contributed by atoms with van der Waals surface area (Å²) in [4.78, 5) is 0. The van der Waals surface area contributed by atoms with E-state index < -0.39 is 0 Å². The van der Waals surface area contributed by atoms with E-state index in [0.29, 0.717) is 6.61 Å². The predicted octanol–water partition coefficient (Wildman–Crippen LogP) is 2.51. The highest BCUT2D eigenvalue weighted by molar-refractivity contribution is 6.02. The molecule has 20 heavy (non-hydrogen) atoms. The lowest BCUT2D eigenvalue weighted by Gasteiger charge is -2.20. The average molecular weight is 271 g/mol. The van der Waals surface area contributed by atoms with Crippen LogP contribution in [0, 0.1) is 0 Å². The number of hydrogen-bond acceptors (Lipinski definition) is 4. The summed E-state index contributed by atoms with van der Waals surface area (Å²) in [7, 11) is 1.89. The van der Waals surface area contributed by atoms with Crippen molar-refractivity contribution >= 4 is 5.71 Å². The molecule has 1 N–H and O–H groups in total. The number of fused-ring (bicyclic) bond motifs is 1. The highest BCUT2D eigenvalue weighted by Gasteiger charge is 2.19. The lowest BCUT2D eigenvalue weighted by molar-refractivity contribution is 0.301. The summed E-state index contributed by atoms with van der Waals surface area (Å²) < 4.78 is 7.67. The third-order valence-electron chi connectivity index (χ3n) is 3.56. The van der Waals surface area contributed by atoms with Gasteiger partial charge in [-0.05, 0) is 25.3 Å². The number of aromatic nitrogens is 2. The van der Waals surface area contributed by atoms with Gasteiger partial charge in [-0.1, -0.05) is 17.3 Å². The molecule has 0 radical (unpaired) electrons. The van der Waals surface area contributed by atoms with Crippen LogP contribution in [-0.4, -0.2) is 20.7 Å². The van der Waals surface area contributed by atoms with E-state index in [1.807, 2.05) is 31.4 Å². The number of ether oxygens (including phenoxy) is 1. The van der Waals surface area contributed by atoms with E-state index in [0.717, 1.165) is 47.4 Å². The van der Waals surface area contributed by atoms with Crippen LogP contribution in [0.25, 0.3) is 0 Å². The summed E-state index contributed by atoms with van der Waals surface area (Å²) in [5, 5.41) is 16.6. The molecule has 0 saturated carbocycles. The van der Waals surface area contributed by atoms with Gasteiger partial charge in [0.2, 0.25) is 0 Å². The van der Waals surface area contributed by atoms with Crippen LogP contribution in [0.15, 0.2) is 35.7 Å². The van der Waals surface area contributed by atoms with Crippen LogP contribution in [0.3, 0.4) is 0 Å². The van der Waals surface area contributed by atoms with E-state index in [-0.39, 0.29) is 0 Å². The van der Waals surface area contributed by atoms with Crippen molar-refractivity contribution in [1.82, 2.24) is 9.78 Å². The zero-order chi connectivity index (χ0) is 13.9. The Labute approximate surface area is 117 Å². The average Bonchev–Trinajstić information content (AvgIpc) is 2.90. The van der Waals surface area contributed by atoms with Gasteiger partial charge in [0, 0.05) is 29.9 Å². The molecule has 0 fully saturated rings. The van der Waals surface area contributed by atoms with Crippen molar-refractivity contribution in [3.63, 3.8) is 0 Å². The summed E-state index contributed by atoms with van der Waals surface area (Å²) in [6.07, 6.45) is 6.50. The minimum Gasteiger partial charge on any atom is -0.488 e. The van der Waals surface area contributed by atoms with Gasteiger partial charge in [-0.3, -0.25) is 4.68 Å². The number of nitrogens with zero attached hydrogens (tertiary/aromatic N) is 3. The molecule has 0 spiro atoms. The van der Waals surface area contributed by atoms with Crippen LogP contribution in [0.2, 0.25) is 0 Å². The smallest absolute Gasteiger partial charge is 0.123 e. The SMILES string of the molecule is Cn1cc(COc2cccc3c2CCCC3=NO)cn1. The molecule has 104 valence electrons. The van der Waals surface area contributed by atoms with Crippen molar-refractivity contribution < 1.29 is 9.94 Å². The Bertz CT molecular complexity index is 646. The predicted molar refractivity (Wildman–Crippen MR) is 75.2 cm³/mol. The summed E-state index contributed by atoms with van der Waals surface area (Å²) in [6, 6.07) is 5.89. The number of rotatable bonds is 3. The quantitative estimate of drug-likeness (QED) is 0.689. The summed E-state index contributed by atoms with van der Waals surface area (Å²) >= 11 is 0. The Balaban J connectivity index is 1.83. The molecule has 5 heteroatoms. The third-order valence-corrected chi connectivity index (χ3v) is 3.56. The van der Waals surface area contributed by atoms with Crippen molar-refractivity contribution in [2.24, 2.45) is 12.2 Å². The Morgan fingerprint density at radius 1 is 1.40 bits per heavy atom. The van der Waals surface area contributed by atoms with Crippen molar-refractivity contribution in [2.45, 2.75) is 25.9 Å². The first-order valence-electron chi connectivity index (χ1n) is 6.71. The summed E-state index contributed by atoms with van der Waals surface area (Å²) in [5.41, 5.74) is 3.92. The van der Waals surface area contributed by atoms with Crippen molar-refractivity contribution in [1.29, 1.82) is 0 Å². The van der Waals surface area contributed by atoms with Crippen LogP contribution in [0.1, 0.15) is 29.5 Å². The highest BCUT2D eigenvalue weighted by atomic mass is 16.5. The number of aryl methyl sites for hydroxylation is 1. The van der Waals surface area contributed by atoms with Gasteiger partial charge in [0.15, 0.2) is 0 Å². The van der Waals surface area contributed by atoms with E-state index in [1.165, 1.54) is 0 Å². The highest BCUT2D eigenvalue weighted by Crippen LogP contribution is 2.30. The molecule has 0 atom stereocenters. The van der Waals surface area contributed by atoms with Crippen molar-refractivity contribution in [3.8, 4) is 5.75 Å². The third kappa shape index (κ3) is 2.39. The van der Waals surface area contributed by atoms with Gasteiger partial charge < -0.3 is 9.94 Å². The first-order chi connectivity index (χ1) is 9.78. The maximum absolute atomic E-state index is 9.08. The Kier molecular flexibility index (Phi) is 3.41. The van der Waals surface area contributed by atoms with Gasteiger partial charge >= 0.3 is 0 Å². The molecule has 1 aliphatic rings. The molecule has 0 unspecified atom stereocenters. The lowest BCUT2D eigenvalue weighted by Crippen LogP contribution is -2.13. The monoisotopic (exact) mass is 271 g/mol. The molecule has 0 amide bonds. The number of hydrogen-bond donors (Lipinski definition) is 1. The second-order valence-electron chi connectivity index (χ2n) is 4.99. The molecule has 1 aliphatic carbocycles. The molecule has 3 rings (SSSR count). The van der Waals surface area contributed by atoms with Gasteiger partial charge in [0.1, 0.15) is 12.4 Å². The summed E-state index contributed by atoms with van der Waals surface area (Å²) in [5.74, 6) is 0.868. The number of oxime groups is 1. The normalized spacial score (nSPS) is 16.1. The largest absolute Gasteiger partial charge is 0.488 e. The van der Waals surface area contributed by atoms with Crippen LogP contribution >= 0.6 is 0 Å². The lowest BCUT2D eigenvalue weighted by atomic mass is 9.89. The molecular formula is C15H17N3O2. The maximum Gasteiger partial charge on any atom is 0.123 e. The summed E-state index contributed by atoms with van der Waals surface area (Å²) in [6.45, 7) is 0.496. The van der Waals surface area contributed by atoms with E-state index in [9.17, 15) is 0 Å². The van der Waals surface area contributed by atoms with Gasteiger partial charge in [0.05, 0.1) is 11.9 Å². The molecular weight excluding hydrogens is 254 g/mol. The molecule has 1 heterocycles. The fourth-order valence-electron chi connectivity index (χ4n) is 2.61. The van der Waals surface area contributed by atoms with Gasteiger partial charge in [-0.2, -0.15) is 5.10 Å². The van der Waals surface area contributed by atoms with Crippen LogP contribution in [0.4, 0.5) is 0 Å². The Morgan fingerprint density at radius 3 is 3.05 bits per heavy atom. The van der Waals surface area contributed by atoms with Crippen LogP contribution in [0.5, 0.6) is 5.75 Å². The fraction of sp³-hybridized carbons (Fsp3) is 0.333.